The van der Waals surface area contributed by atoms with Crippen molar-refractivity contribution < 1.29 is 9.53 Å². The minimum Gasteiger partial charge on any atom is -0.385 e. The lowest BCUT2D eigenvalue weighted by Crippen LogP contribution is -2.19. The molecular formula is C14H22N2O2S. The average molecular weight is 282 g/mol. The van der Waals surface area contributed by atoms with E-state index in [1.165, 1.54) is 17.5 Å². The van der Waals surface area contributed by atoms with Gasteiger partial charge in [0, 0.05) is 13.7 Å². The van der Waals surface area contributed by atoms with E-state index in [9.17, 15) is 4.79 Å². The maximum Gasteiger partial charge on any atom is 0.185 e. The first-order valence-electron chi connectivity index (χ1n) is 6.27. The molecule has 19 heavy (non-hydrogen) atoms. The van der Waals surface area contributed by atoms with Crippen molar-refractivity contribution in [1.82, 2.24) is 4.72 Å². The largest absolute Gasteiger partial charge is 0.385 e. The SMILES string of the molecule is CC.CCOC.Cc1ccc2c(c1)SNC(C=O)=N2. The zero-order valence-corrected chi connectivity index (χ0v) is 13.0. The smallest absolute Gasteiger partial charge is 0.185 e. The quantitative estimate of drug-likeness (QED) is 0.666. The molecule has 4 nitrogen and oxygen atoms in total. The van der Waals surface area contributed by atoms with E-state index < -0.39 is 0 Å². The molecule has 1 N–H and O–H groups in total. The van der Waals surface area contributed by atoms with Gasteiger partial charge in [-0.2, -0.15) is 0 Å². The molecule has 0 saturated carbocycles. The monoisotopic (exact) mass is 282 g/mol. The van der Waals surface area contributed by atoms with Crippen LogP contribution in [0.25, 0.3) is 0 Å². The number of carbonyl (C=O) groups is 1. The number of aldehydes is 1. The fraction of sp³-hybridized carbons (Fsp3) is 0.429. The summed E-state index contributed by atoms with van der Waals surface area (Å²) in [4.78, 5) is 15.6. The van der Waals surface area contributed by atoms with Gasteiger partial charge in [0.05, 0.1) is 10.6 Å². The highest BCUT2D eigenvalue weighted by molar-refractivity contribution is 7.98. The third-order valence-corrected chi connectivity index (χ3v) is 2.88. The number of ether oxygens (including phenoxy) is 1. The minimum absolute atomic E-state index is 0.376. The van der Waals surface area contributed by atoms with E-state index >= 15 is 0 Å². The minimum atomic E-state index is 0.376. The number of fused-ring (bicyclic) bond motifs is 1. The number of nitrogens with one attached hydrogen (secondary N) is 1. The number of benzene rings is 1. The Bertz CT molecular complexity index is 418. The standard InChI is InChI=1S/C9H8N2OS.C3H8O.C2H6/c1-6-2-3-7-8(4-6)13-11-9(5-12)10-7;1-3-4-2;1-2/h2-5H,1H3,(H,10,11);3H2,1-2H3;1-2H3. The second kappa shape index (κ2) is 10.6. The predicted octanol–water partition coefficient (Wildman–Crippen LogP) is 3.51. The van der Waals surface area contributed by atoms with Crippen molar-refractivity contribution in [2.75, 3.05) is 13.7 Å². The number of hydrogen-bond acceptors (Lipinski definition) is 5. The maximum absolute atomic E-state index is 10.4. The molecule has 5 heteroatoms. The molecule has 0 aliphatic carbocycles. The van der Waals surface area contributed by atoms with Gasteiger partial charge in [0.15, 0.2) is 12.1 Å². The first-order chi connectivity index (χ1) is 9.21. The summed E-state index contributed by atoms with van der Waals surface area (Å²) in [6.45, 7) is 8.81. The number of nitrogens with zero attached hydrogens (tertiary/aromatic N) is 1. The normalized spacial score (nSPS) is 11.5. The van der Waals surface area contributed by atoms with Gasteiger partial charge in [-0.05, 0) is 43.5 Å². The highest BCUT2D eigenvalue weighted by Crippen LogP contribution is 2.31. The molecule has 1 aromatic rings. The second-order valence-corrected chi connectivity index (χ2v) is 4.22. The van der Waals surface area contributed by atoms with Gasteiger partial charge in [-0.1, -0.05) is 19.9 Å². The first kappa shape index (κ1) is 17.7. The molecular weight excluding hydrogens is 260 g/mol. The lowest BCUT2D eigenvalue weighted by Gasteiger charge is -2.13. The zero-order valence-electron chi connectivity index (χ0n) is 12.2. The summed E-state index contributed by atoms with van der Waals surface area (Å²) in [5.41, 5.74) is 2.05. The number of hydrogen-bond donors (Lipinski definition) is 1. The van der Waals surface area contributed by atoms with Gasteiger partial charge in [0.25, 0.3) is 0 Å². The molecule has 1 heterocycles. The highest BCUT2D eigenvalue weighted by Gasteiger charge is 2.10. The topological polar surface area (TPSA) is 50.7 Å². The summed E-state index contributed by atoms with van der Waals surface area (Å²) in [5, 5.41) is 0. The number of rotatable bonds is 2. The highest BCUT2D eigenvalue weighted by atomic mass is 32.2. The number of aliphatic imine (C=N–C) groups is 1. The van der Waals surface area contributed by atoms with Crippen LogP contribution in [0.4, 0.5) is 5.69 Å². The van der Waals surface area contributed by atoms with Gasteiger partial charge < -0.3 is 9.46 Å². The number of carbonyl (C=O) groups excluding carboxylic acids is 1. The van der Waals surface area contributed by atoms with E-state index in [1.807, 2.05) is 45.9 Å². The van der Waals surface area contributed by atoms with E-state index in [2.05, 4.69) is 14.5 Å². The molecule has 0 saturated heterocycles. The Balaban J connectivity index is 0.000000467. The Morgan fingerprint density at radius 2 is 2.05 bits per heavy atom. The Morgan fingerprint density at radius 3 is 2.58 bits per heavy atom. The van der Waals surface area contributed by atoms with E-state index in [-0.39, 0.29) is 0 Å². The van der Waals surface area contributed by atoms with Crippen LogP contribution in [0.2, 0.25) is 0 Å². The van der Waals surface area contributed by atoms with Crippen LogP contribution in [-0.4, -0.2) is 25.8 Å². The first-order valence-corrected chi connectivity index (χ1v) is 7.09. The van der Waals surface area contributed by atoms with Crippen molar-refractivity contribution in [3.05, 3.63) is 23.8 Å². The maximum atomic E-state index is 10.4. The Hall–Kier alpha value is -1.33. The summed E-state index contributed by atoms with van der Waals surface area (Å²) in [7, 11) is 1.68. The van der Waals surface area contributed by atoms with Gasteiger partial charge in [0.2, 0.25) is 0 Å². The van der Waals surface area contributed by atoms with Gasteiger partial charge in [0.1, 0.15) is 0 Å². The van der Waals surface area contributed by atoms with Crippen LogP contribution in [-0.2, 0) is 9.53 Å². The van der Waals surface area contributed by atoms with E-state index in [1.54, 1.807) is 7.11 Å². The van der Waals surface area contributed by atoms with Crippen LogP contribution in [0.15, 0.2) is 28.1 Å². The fourth-order valence-electron chi connectivity index (χ4n) is 1.11. The van der Waals surface area contributed by atoms with Gasteiger partial charge in [-0.25, -0.2) is 4.99 Å². The summed E-state index contributed by atoms with van der Waals surface area (Å²) in [6, 6.07) is 5.94. The molecule has 0 unspecified atom stereocenters. The van der Waals surface area contributed by atoms with E-state index in [0.717, 1.165) is 23.5 Å². The van der Waals surface area contributed by atoms with Crippen LogP contribution in [0.1, 0.15) is 26.3 Å². The molecule has 0 amide bonds. The summed E-state index contributed by atoms with van der Waals surface area (Å²) in [6.07, 6.45) is 0.718. The van der Waals surface area contributed by atoms with Crippen molar-refractivity contribution in [3.63, 3.8) is 0 Å². The molecule has 0 aromatic heterocycles. The lowest BCUT2D eigenvalue weighted by molar-refractivity contribution is -0.102. The van der Waals surface area contributed by atoms with Crippen LogP contribution >= 0.6 is 11.9 Å². The molecule has 1 aromatic carbocycles. The van der Waals surface area contributed by atoms with Crippen molar-refractivity contribution in [3.8, 4) is 0 Å². The summed E-state index contributed by atoms with van der Waals surface area (Å²) >= 11 is 1.42. The molecule has 0 spiro atoms. The third kappa shape index (κ3) is 6.40. The Morgan fingerprint density at radius 1 is 1.42 bits per heavy atom. The molecule has 0 atom stereocenters. The predicted molar refractivity (Wildman–Crippen MR) is 82.2 cm³/mol. The van der Waals surface area contributed by atoms with Gasteiger partial charge >= 0.3 is 0 Å². The third-order valence-electron chi connectivity index (χ3n) is 2.02. The van der Waals surface area contributed by atoms with E-state index in [0.29, 0.717) is 5.84 Å². The Kier molecular flexibility index (Phi) is 9.84. The number of methoxy groups -OCH3 is 1. The van der Waals surface area contributed by atoms with Crippen LogP contribution in [0.5, 0.6) is 0 Å². The molecule has 106 valence electrons. The lowest BCUT2D eigenvalue weighted by atomic mass is 10.2. The van der Waals surface area contributed by atoms with Crippen LogP contribution < -0.4 is 4.72 Å². The average Bonchev–Trinajstić information content (AvgIpc) is 2.49. The molecule has 0 fully saturated rings. The van der Waals surface area contributed by atoms with Crippen molar-refractivity contribution in [2.45, 2.75) is 32.6 Å². The Labute approximate surface area is 119 Å². The molecule has 1 aliphatic heterocycles. The zero-order chi connectivity index (χ0) is 14.7. The summed E-state index contributed by atoms with van der Waals surface area (Å²) in [5.74, 6) is 0.376. The molecule has 2 rings (SSSR count). The molecule has 0 radical (unpaired) electrons. The van der Waals surface area contributed by atoms with Crippen LogP contribution in [0.3, 0.4) is 0 Å². The van der Waals surface area contributed by atoms with Crippen molar-refractivity contribution in [1.29, 1.82) is 0 Å². The van der Waals surface area contributed by atoms with Gasteiger partial charge in [-0.3, -0.25) is 4.79 Å². The van der Waals surface area contributed by atoms with Gasteiger partial charge in [-0.15, -0.1) is 0 Å². The van der Waals surface area contributed by atoms with Crippen molar-refractivity contribution in [2.24, 2.45) is 4.99 Å². The van der Waals surface area contributed by atoms with Crippen molar-refractivity contribution >= 4 is 29.8 Å². The molecule has 1 aliphatic rings. The fourth-order valence-corrected chi connectivity index (χ4v) is 1.88. The summed E-state index contributed by atoms with van der Waals surface area (Å²) < 4.78 is 7.39. The number of aryl methyl sites for hydroxylation is 1. The van der Waals surface area contributed by atoms with Crippen LogP contribution in [0, 0.1) is 6.92 Å². The number of amidine groups is 1. The molecule has 0 bridgehead atoms. The van der Waals surface area contributed by atoms with E-state index in [4.69, 9.17) is 0 Å². The second-order valence-electron chi connectivity index (χ2n) is 3.37.